The number of sulfonamides is 1. The lowest BCUT2D eigenvalue weighted by Gasteiger charge is -2.11. The number of hydrogen-bond donors (Lipinski definition) is 0. The Morgan fingerprint density at radius 1 is 1.35 bits per heavy atom. The molecular formula is C9H12N2O5S. The highest BCUT2D eigenvalue weighted by molar-refractivity contribution is 7.89. The standard InChI is InChI=1S/C9H12N2O5S/c1-10(2)17(14,15)9-5-4-7(16-3)6-8(9)11(12)13/h4-6H,1-3H3. The molecule has 0 N–H and O–H groups in total. The smallest absolute Gasteiger partial charge is 0.293 e. The Hall–Kier alpha value is -1.67. The fraction of sp³-hybridized carbons (Fsp3) is 0.333. The third-order valence-electron chi connectivity index (χ3n) is 2.12. The molecule has 0 atom stereocenters. The van der Waals surface area contributed by atoms with Crippen LogP contribution < -0.4 is 4.74 Å². The summed E-state index contributed by atoms with van der Waals surface area (Å²) in [6.45, 7) is 0. The van der Waals surface area contributed by atoms with Crippen molar-refractivity contribution >= 4 is 15.7 Å². The summed E-state index contributed by atoms with van der Waals surface area (Å²) in [5, 5.41) is 10.8. The largest absolute Gasteiger partial charge is 0.497 e. The molecule has 0 unspecified atom stereocenters. The van der Waals surface area contributed by atoms with Crippen LogP contribution in [0.1, 0.15) is 0 Å². The minimum atomic E-state index is -3.84. The third-order valence-corrected chi connectivity index (χ3v) is 3.98. The van der Waals surface area contributed by atoms with E-state index in [9.17, 15) is 18.5 Å². The van der Waals surface area contributed by atoms with E-state index in [2.05, 4.69) is 0 Å². The zero-order valence-corrected chi connectivity index (χ0v) is 10.4. The molecule has 0 aliphatic heterocycles. The summed E-state index contributed by atoms with van der Waals surface area (Å²) in [7, 11) is 0.123. The van der Waals surface area contributed by atoms with Gasteiger partial charge < -0.3 is 4.74 Å². The van der Waals surface area contributed by atoms with E-state index in [4.69, 9.17) is 4.74 Å². The van der Waals surface area contributed by atoms with E-state index in [0.717, 1.165) is 16.4 Å². The van der Waals surface area contributed by atoms with Crippen LogP contribution in [0, 0.1) is 10.1 Å². The molecule has 0 aromatic heterocycles. The summed E-state index contributed by atoms with van der Waals surface area (Å²) in [6.07, 6.45) is 0. The van der Waals surface area contributed by atoms with Gasteiger partial charge in [-0.15, -0.1) is 0 Å². The molecule has 0 radical (unpaired) electrons. The predicted molar refractivity (Wildman–Crippen MR) is 60.5 cm³/mol. The normalized spacial score (nSPS) is 11.5. The minimum absolute atomic E-state index is 0.231. The van der Waals surface area contributed by atoms with Crippen LogP contribution in [0.3, 0.4) is 0 Å². The van der Waals surface area contributed by atoms with E-state index >= 15 is 0 Å². The molecule has 0 aliphatic carbocycles. The molecule has 0 saturated carbocycles. The Kier molecular flexibility index (Phi) is 3.69. The first-order valence-electron chi connectivity index (χ1n) is 4.55. The average molecular weight is 260 g/mol. The maximum Gasteiger partial charge on any atom is 0.293 e. The zero-order valence-electron chi connectivity index (χ0n) is 9.58. The Bertz CT molecular complexity index is 538. The molecular weight excluding hydrogens is 248 g/mol. The first-order chi connectivity index (χ1) is 7.80. The number of benzene rings is 1. The van der Waals surface area contributed by atoms with Gasteiger partial charge in [-0.25, -0.2) is 12.7 Å². The Morgan fingerprint density at radius 2 is 1.94 bits per heavy atom. The molecule has 0 fully saturated rings. The quantitative estimate of drug-likeness (QED) is 0.591. The van der Waals surface area contributed by atoms with Gasteiger partial charge in [0.1, 0.15) is 5.75 Å². The molecule has 17 heavy (non-hydrogen) atoms. The number of hydrogen-bond acceptors (Lipinski definition) is 5. The van der Waals surface area contributed by atoms with Crippen molar-refractivity contribution in [1.29, 1.82) is 0 Å². The maximum atomic E-state index is 11.8. The van der Waals surface area contributed by atoms with Crippen LogP contribution in [0.2, 0.25) is 0 Å². The SMILES string of the molecule is COc1ccc(S(=O)(=O)N(C)C)c([N+](=O)[O-])c1. The van der Waals surface area contributed by atoms with Crippen LogP contribution in [0.15, 0.2) is 23.1 Å². The summed E-state index contributed by atoms with van der Waals surface area (Å²) in [5.41, 5.74) is -0.502. The van der Waals surface area contributed by atoms with Crippen LogP contribution >= 0.6 is 0 Å². The number of nitrogens with zero attached hydrogens (tertiary/aromatic N) is 2. The van der Waals surface area contributed by atoms with Gasteiger partial charge in [0, 0.05) is 14.1 Å². The fourth-order valence-corrected chi connectivity index (χ4v) is 2.21. The highest BCUT2D eigenvalue weighted by Crippen LogP contribution is 2.29. The van der Waals surface area contributed by atoms with E-state index in [1.807, 2.05) is 0 Å². The Labute approximate surface area is 98.8 Å². The van der Waals surface area contributed by atoms with Crippen molar-refractivity contribution in [3.63, 3.8) is 0 Å². The predicted octanol–water partition coefficient (Wildman–Crippen LogP) is 0.854. The van der Waals surface area contributed by atoms with Gasteiger partial charge in [0.15, 0.2) is 4.90 Å². The van der Waals surface area contributed by atoms with Gasteiger partial charge in [-0.2, -0.15) is 0 Å². The lowest BCUT2D eigenvalue weighted by Crippen LogP contribution is -2.23. The van der Waals surface area contributed by atoms with E-state index in [0.29, 0.717) is 0 Å². The first-order valence-corrected chi connectivity index (χ1v) is 5.99. The summed E-state index contributed by atoms with van der Waals surface area (Å²) in [4.78, 5) is 9.72. The van der Waals surface area contributed by atoms with Crippen LogP contribution in [0.5, 0.6) is 5.75 Å². The van der Waals surface area contributed by atoms with Crippen LogP contribution in [0.25, 0.3) is 0 Å². The number of methoxy groups -OCH3 is 1. The second kappa shape index (κ2) is 4.68. The van der Waals surface area contributed by atoms with Crippen molar-refractivity contribution in [3.8, 4) is 5.75 Å². The maximum absolute atomic E-state index is 11.8. The van der Waals surface area contributed by atoms with Crippen LogP contribution in [0.4, 0.5) is 5.69 Å². The number of rotatable bonds is 4. The summed E-state index contributed by atoms with van der Waals surface area (Å²) < 4.78 is 29.4. The first kappa shape index (κ1) is 13.4. The van der Waals surface area contributed by atoms with E-state index < -0.39 is 20.6 Å². The molecule has 0 amide bonds. The molecule has 0 saturated heterocycles. The van der Waals surface area contributed by atoms with E-state index in [1.165, 1.54) is 27.3 Å². The van der Waals surface area contributed by atoms with Gasteiger partial charge in [-0.05, 0) is 12.1 Å². The Balaban J connectivity index is 3.50. The average Bonchev–Trinajstić information content (AvgIpc) is 2.27. The second-order valence-corrected chi connectivity index (χ2v) is 5.50. The molecule has 1 aromatic rings. The van der Waals surface area contributed by atoms with Crippen LogP contribution in [-0.2, 0) is 10.0 Å². The van der Waals surface area contributed by atoms with E-state index in [1.54, 1.807) is 0 Å². The molecule has 8 heteroatoms. The third kappa shape index (κ3) is 2.53. The molecule has 0 bridgehead atoms. The highest BCUT2D eigenvalue weighted by atomic mass is 32.2. The van der Waals surface area contributed by atoms with Gasteiger partial charge in [-0.1, -0.05) is 0 Å². The van der Waals surface area contributed by atoms with Crippen molar-refractivity contribution in [3.05, 3.63) is 28.3 Å². The van der Waals surface area contributed by atoms with Gasteiger partial charge in [0.2, 0.25) is 10.0 Å². The van der Waals surface area contributed by atoms with Gasteiger partial charge in [-0.3, -0.25) is 10.1 Å². The molecule has 0 aliphatic rings. The summed E-state index contributed by atoms with van der Waals surface area (Å²) in [6, 6.07) is 3.60. The van der Waals surface area contributed by atoms with Crippen molar-refractivity contribution in [1.82, 2.24) is 4.31 Å². The number of nitro groups is 1. The van der Waals surface area contributed by atoms with Crippen LogP contribution in [-0.4, -0.2) is 38.9 Å². The molecule has 1 rings (SSSR count). The molecule has 0 spiro atoms. The summed E-state index contributed by atoms with van der Waals surface area (Å²) >= 11 is 0. The van der Waals surface area contributed by atoms with Gasteiger partial charge in [0.25, 0.3) is 5.69 Å². The van der Waals surface area contributed by atoms with Crippen molar-refractivity contribution in [2.24, 2.45) is 0 Å². The minimum Gasteiger partial charge on any atom is -0.497 e. The lowest BCUT2D eigenvalue weighted by molar-refractivity contribution is -0.387. The lowest BCUT2D eigenvalue weighted by atomic mass is 10.3. The van der Waals surface area contributed by atoms with Gasteiger partial charge in [0.05, 0.1) is 18.1 Å². The van der Waals surface area contributed by atoms with Gasteiger partial charge >= 0.3 is 0 Å². The monoisotopic (exact) mass is 260 g/mol. The Morgan fingerprint density at radius 3 is 2.35 bits per heavy atom. The molecule has 0 heterocycles. The highest BCUT2D eigenvalue weighted by Gasteiger charge is 2.28. The fourth-order valence-electron chi connectivity index (χ4n) is 1.18. The van der Waals surface area contributed by atoms with Crippen molar-refractivity contribution < 1.29 is 18.1 Å². The molecule has 1 aromatic carbocycles. The molecule has 7 nitrogen and oxygen atoms in total. The second-order valence-electron chi connectivity index (χ2n) is 3.38. The number of ether oxygens (including phenoxy) is 1. The topological polar surface area (TPSA) is 89.8 Å². The van der Waals surface area contributed by atoms with Crippen molar-refractivity contribution in [2.75, 3.05) is 21.2 Å². The van der Waals surface area contributed by atoms with E-state index in [-0.39, 0.29) is 10.6 Å². The zero-order chi connectivity index (χ0) is 13.2. The molecule has 94 valence electrons. The van der Waals surface area contributed by atoms with Crippen molar-refractivity contribution in [2.45, 2.75) is 4.90 Å². The number of nitro benzene ring substituents is 1. The summed E-state index contributed by atoms with van der Waals surface area (Å²) in [5.74, 6) is 0.231.